The largest absolute Gasteiger partial charge is 0.304 e. The van der Waals surface area contributed by atoms with Crippen molar-refractivity contribution in [3.05, 3.63) is 32.7 Å². The zero-order valence-corrected chi connectivity index (χ0v) is 9.73. The number of rotatable bonds is 1. The van der Waals surface area contributed by atoms with Crippen molar-refractivity contribution >= 4 is 11.3 Å². The lowest BCUT2D eigenvalue weighted by molar-refractivity contribution is 0.899. The van der Waals surface area contributed by atoms with Gasteiger partial charge in [0.05, 0.1) is 5.69 Å². The third-order valence-corrected chi connectivity index (χ3v) is 3.73. The summed E-state index contributed by atoms with van der Waals surface area (Å²) in [6.07, 6.45) is 2.80. The maximum atomic E-state index is 11.8. The first-order valence-corrected chi connectivity index (χ1v) is 6.16. The van der Waals surface area contributed by atoms with Crippen LogP contribution >= 0.6 is 11.3 Å². The number of aromatic amines is 1. The van der Waals surface area contributed by atoms with Crippen molar-refractivity contribution in [2.24, 2.45) is 0 Å². The minimum absolute atomic E-state index is 0.00496. The van der Waals surface area contributed by atoms with Crippen LogP contribution in [0.4, 0.5) is 0 Å². The summed E-state index contributed by atoms with van der Waals surface area (Å²) in [4.78, 5) is 23.4. The Hall–Kier alpha value is -1.49. The first-order valence-electron chi connectivity index (χ1n) is 5.28. The van der Waals surface area contributed by atoms with E-state index >= 15 is 0 Å². The molecule has 3 rings (SSSR count). The predicted octanol–water partition coefficient (Wildman–Crippen LogP) is 1.69. The molecule has 82 valence electrons. The van der Waals surface area contributed by atoms with E-state index in [4.69, 9.17) is 0 Å². The fourth-order valence-electron chi connectivity index (χ4n) is 2.01. The number of hydrogen-bond donors (Lipinski definition) is 1. The van der Waals surface area contributed by atoms with E-state index in [1.54, 1.807) is 0 Å². The van der Waals surface area contributed by atoms with E-state index in [1.165, 1.54) is 11.3 Å². The van der Waals surface area contributed by atoms with Crippen LogP contribution in [0.25, 0.3) is 10.8 Å². The number of nitrogens with one attached hydrogen (secondary N) is 1. The quantitative estimate of drug-likeness (QED) is 0.815. The number of fused-ring (bicyclic) bond motifs is 1. The molecule has 5 heteroatoms. The average Bonchev–Trinajstić information content (AvgIpc) is 2.85. The molecule has 0 saturated carbocycles. The third kappa shape index (κ3) is 1.48. The highest BCUT2D eigenvalue weighted by Crippen LogP contribution is 2.22. The lowest BCUT2D eigenvalue weighted by Crippen LogP contribution is -2.15. The van der Waals surface area contributed by atoms with Crippen molar-refractivity contribution in [3.8, 4) is 10.8 Å². The van der Waals surface area contributed by atoms with Gasteiger partial charge in [-0.05, 0) is 26.2 Å². The van der Waals surface area contributed by atoms with E-state index in [0.29, 0.717) is 5.82 Å². The lowest BCUT2D eigenvalue weighted by atomic mass is 10.2. The van der Waals surface area contributed by atoms with Crippen molar-refractivity contribution in [3.63, 3.8) is 0 Å². The van der Waals surface area contributed by atoms with Gasteiger partial charge in [-0.25, -0.2) is 9.97 Å². The first-order chi connectivity index (χ1) is 7.74. The van der Waals surface area contributed by atoms with Crippen molar-refractivity contribution in [2.45, 2.75) is 26.2 Å². The Morgan fingerprint density at radius 2 is 2.25 bits per heavy atom. The molecule has 1 N–H and O–H groups in total. The molecule has 0 aromatic carbocycles. The van der Waals surface area contributed by atoms with Crippen LogP contribution in [-0.4, -0.2) is 15.0 Å². The Labute approximate surface area is 96.4 Å². The second-order valence-corrected chi connectivity index (χ2v) is 4.85. The number of aromatic nitrogens is 3. The number of hydrogen-bond acceptors (Lipinski definition) is 4. The molecule has 16 heavy (non-hydrogen) atoms. The van der Waals surface area contributed by atoms with Crippen LogP contribution in [0.3, 0.4) is 0 Å². The normalized spacial score (nSPS) is 14.1. The summed E-state index contributed by atoms with van der Waals surface area (Å²) in [6, 6.07) is 0. The average molecular weight is 233 g/mol. The van der Waals surface area contributed by atoms with Gasteiger partial charge in [-0.2, -0.15) is 0 Å². The second kappa shape index (κ2) is 3.52. The summed E-state index contributed by atoms with van der Waals surface area (Å²) in [6.45, 7) is 1.94. The van der Waals surface area contributed by atoms with Crippen LogP contribution in [-0.2, 0) is 12.8 Å². The Kier molecular flexibility index (Phi) is 2.14. The number of nitrogens with zero attached hydrogens (tertiary/aromatic N) is 2. The maximum Gasteiger partial charge on any atom is 0.254 e. The highest BCUT2D eigenvalue weighted by Gasteiger charge is 2.18. The molecule has 2 heterocycles. The molecule has 2 aromatic rings. The highest BCUT2D eigenvalue weighted by molar-refractivity contribution is 7.13. The van der Waals surface area contributed by atoms with E-state index in [-0.39, 0.29) is 5.56 Å². The molecule has 0 spiro atoms. The van der Waals surface area contributed by atoms with Gasteiger partial charge in [0.25, 0.3) is 5.56 Å². The molecular weight excluding hydrogens is 222 g/mol. The number of thiazole rings is 1. The van der Waals surface area contributed by atoms with E-state index in [1.807, 2.05) is 12.3 Å². The molecule has 0 fully saturated rings. The van der Waals surface area contributed by atoms with E-state index < -0.39 is 0 Å². The van der Waals surface area contributed by atoms with Gasteiger partial charge < -0.3 is 4.98 Å². The van der Waals surface area contributed by atoms with Crippen molar-refractivity contribution in [2.75, 3.05) is 0 Å². The van der Waals surface area contributed by atoms with Crippen molar-refractivity contribution in [1.29, 1.82) is 0 Å². The fourth-order valence-corrected chi connectivity index (χ4v) is 2.75. The SMILES string of the molecule is Cc1csc(-c2nc3c(c(=O)[nH]2)CCC3)n1. The molecule has 1 aliphatic carbocycles. The summed E-state index contributed by atoms with van der Waals surface area (Å²) in [5.41, 5.74) is 2.78. The zero-order chi connectivity index (χ0) is 11.1. The summed E-state index contributed by atoms with van der Waals surface area (Å²) < 4.78 is 0. The topological polar surface area (TPSA) is 58.6 Å². The molecule has 0 saturated heterocycles. The van der Waals surface area contributed by atoms with Gasteiger partial charge in [0.15, 0.2) is 10.8 Å². The summed E-state index contributed by atoms with van der Waals surface area (Å²) in [5.74, 6) is 0.615. The van der Waals surface area contributed by atoms with Gasteiger partial charge in [-0.3, -0.25) is 4.79 Å². The monoisotopic (exact) mass is 233 g/mol. The molecule has 0 amide bonds. The Morgan fingerprint density at radius 1 is 1.38 bits per heavy atom. The molecule has 0 radical (unpaired) electrons. The molecular formula is C11H11N3OS. The van der Waals surface area contributed by atoms with E-state index in [9.17, 15) is 4.79 Å². The number of aryl methyl sites for hydroxylation is 2. The van der Waals surface area contributed by atoms with Crippen LogP contribution in [0.5, 0.6) is 0 Å². The predicted molar refractivity (Wildman–Crippen MR) is 62.7 cm³/mol. The van der Waals surface area contributed by atoms with Crippen LogP contribution < -0.4 is 5.56 Å². The molecule has 0 atom stereocenters. The molecule has 2 aromatic heterocycles. The summed E-state index contributed by atoms with van der Waals surface area (Å²) >= 11 is 1.51. The zero-order valence-electron chi connectivity index (χ0n) is 8.91. The fraction of sp³-hybridized carbons (Fsp3) is 0.364. The third-order valence-electron chi connectivity index (χ3n) is 2.76. The molecule has 4 nitrogen and oxygen atoms in total. The standard InChI is InChI=1S/C11H11N3OS/c1-6-5-16-11(12-6)9-13-8-4-2-3-7(8)10(15)14-9/h5H,2-4H2,1H3,(H,13,14,15). The Morgan fingerprint density at radius 3 is 3.00 bits per heavy atom. The van der Waals surface area contributed by atoms with Crippen LogP contribution in [0, 0.1) is 6.92 Å². The second-order valence-electron chi connectivity index (χ2n) is 3.99. The van der Waals surface area contributed by atoms with Gasteiger partial charge in [0.2, 0.25) is 0 Å². The van der Waals surface area contributed by atoms with Crippen molar-refractivity contribution in [1.82, 2.24) is 15.0 Å². The van der Waals surface area contributed by atoms with Crippen molar-refractivity contribution < 1.29 is 0 Å². The van der Waals surface area contributed by atoms with Gasteiger partial charge in [0.1, 0.15) is 0 Å². The van der Waals surface area contributed by atoms with E-state index in [0.717, 1.165) is 41.2 Å². The molecule has 0 aliphatic heterocycles. The minimum Gasteiger partial charge on any atom is -0.304 e. The molecule has 0 unspecified atom stereocenters. The number of H-pyrrole nitrogens is 1. The van der Waals surface area contributed by atoms with E-state index in [2.05, 4.69) is 15.0 Å². The van der Waals surface area contributed by atoms with Gasteiger partial charge in [-0.15, -0.1) is 11.3 Å². The van der Waals surface area contributed by atoms with Gasteiger partial charge in [-0.1, -0.05) is 0 Å². The Balaban J connectivity index is 2.16. The smallest absolute Gasteiger partial charge is 0.254 e. The lowest BCUT2D eigenvalue weighted by Gasteiger charge is -2.00. The molecule has 0 bridgehead atoms. The van der Waals surface area contributed by atoms with Gasteiger partial charge in [0, 0.05) is 16.6 Å². The minimum atomic E-state index is 0.00496. The highest BCUT2D eigenvalue weighted by atomic mass is 32.1. The summed E-state index contributed by atoms with van der Waals surface area (Å²) in [7, 11) is 0. The Bertz CT molecular complexity index is 600. The van der Waals surface area contributed by atoms with Crippen LogP contribution in [0.15, 0.2) is 10.2 Å². The van der Waals surface area contributed by atoms with Gasteiger partial charge >= 0.3 is 0 Å². The summed E-state index contributed by atoms with van der Waals surface area (Å²) in [5, 5.41) is 2.76. The van der Waals surface area contributed by atoms with Crippen LogP contribution in [0.1, 0.15) is 23.4 Å². The van der Waals surface area contributed by atoms with Crippen LogP contribution in [0.2, 0.25) is 0 Å². The molecule has 1 aliphatic rings. The first kappa shape index (κ1) is 9.72. The maximum absolute atomic E-state index is 11.8.